The van der Waals surface area contributed by atoms with Gasteiger partial charge in [-0.1, -0.05) is 58.2 Å². The van der Waals surface area contributed by atoms with Gasteiger partial charge in [0, 0.05) is 9.82 Å². The van der Waals surface area contributed by atoms with E-state index in [1.54, 1.807) is 31.2 Å². The summed E-state index contributed by atoms with van der Waals surface area (Å²) in [4.78, 5) is 5.73. The molecule has 1 saturated heterocycles. The van der Waals surface area contributed by atoms with E-state index in [9.17, 15) is 0 Å². The van der Waals surface area contributed by atoms with Crippen molar-refractivity contribution in [2.24, 2.45) is 10.2 Å². The molecular weight excluding hydrogens is 396 g/mol. The first-order valence-electron chi connectivity index (χ1n) is 8.90. The molecule has 150 valence electrons. The molecule has 5 atom stereocenters. The highest BCUT2D eigenvalue weighted by atomic mass is 35.5. The Labute approximate surface area is 172 Å². The standard InChI is InChI=1S/C19H19ClN6O3/c1-19(20)18(24-26-22)17(28-14-10-6-3-7-11-14)16(15(29-19)12-23-25-21)27-13-8-4-2-5-9-13/h2-11,15-18H,12H2,1H3/t15-,16-,17+,18-,19-/m1/s1. The van der Waals surface area contributed by atoms with E-state index in [0.29, 0.717) is 11.5 Å². The third-order valence-corrected chi connectivity index (χ3v) is 4.76. The first-order valence-corrected chi connectivity index (χ1v) is 9.28. The van der Waals surface area contributed by atoms with Crippen molar-refractivity contribution in [1.29, 1.82) is 0 Å². The van der Waals surface area contributed by atoms with Crippen LogP contribution in [0.4, 0.5) is 0 Å². The van der Waals surface area contributed by atoms with Crippen LogP contribution in [-0.2, 0) is 4.74 Å². The van der Waals surface area contributed by atoms with Crippen LogP contribution in [0.3, 0.4) is 0 Å². The van der Waals surface area contributed by atoms with E-state index in [4.69, 9.17) is 36.9 Å². The van der Waals surface area contributed by atoms with E-state index in [1.807, 2.05) is 36.4 Å². The molecule has 1 aliphatic rings. The molecule has 0 bridgehead atoms. The SMILES string of the molecule is C[C@@]1(Cl)O[C@H](CN=[N+]=[N-])[C@@H](Oc2ccccc2)[C@H](Oc2ccccc2)[C@H]1N=[N+]=[N-]. The van der Waals surface area contributed by atoms with Crippen molar-refractivity contribution in [3.05, 3.63) is 81.5 Å². The van der Waals surface area contributed by atoms with E-state index < -0.39 is 29.4 Å². The van der Waals surface area contributed by atoms with E-state index in [2.05, 4.69) is 20.1 Å². The molecule has 0 unspecified atom stereocenters. The number of azide groups is 2. The lowest BCUT2D eigenvalue weighted by molar-refractivity contribution is -0.170. The van der Waals surface area contributed by atoms with E-state index in [-0.39, 0.29) is 6.54 Å². The molecular formula is C19H19ClN6O3. The van der Waals surface area contributed by atoms with Gasteiger partial charge in [0.05, 0.1) is 6.54 Å². The number of alkyl halides is 1. The molecule has 1 aliphatic heterocycles. The Bertz CT molecular complexity index is 901. The van der Waals surface area contributed by atoms with Crippen LogP contribution in [0.2, 0.25) is 0 Å². The molecule has 0 amide bonds. The quantitative estimate of drug-likeness (QED) is 0.266. The second kappa shape index (κ2) is 9.41. The van der Waals surface area contributed by atoms with Gasteiger partial charge in [-0.3, -0.25) is 0 Å². The average molecular weight is 415 g/mol. The Balaban J connectivity index is 2.03. The van der Waals surface area contributed by atoms with E-state index >= 15 is 0 Å². The molecule has 3 rings (SSSR count). The largest absolute Gasteiger partial charge is 0.486 e. The molecule has 29 heavy (non-hydrogen) atoms. The lowest BCUT2D eigenvalue weighted by Crippen LogP contribution is -2.64. The zero-order valence-electron chi connectivity index (χ0n) is 15.6. The Morgan fingerprint density at radius 2 is 1.52 bits per heavy atom. The van der Waals surface area contributed by atoms with Gasteiger partial charge >= 0.3 is 0 Å². The first-order chi connectivity index (χ1) is 14.0. The van der Waals surface area contributed by atoms with Crippen LogP contribution in [0.5, 0.6) is 11.5 Å². The molecule has 1 heterocycles. The minimum atomic E-state index is -1.39. The normalized spacial score (nSPS) is 28.5. The van der Waals surface area contributed by atoms with Gasteiger partial charge in [-0.15, -0.1) is 0 Å². The molecule has 9 nitrogen and oxygen atoms in total. The Morgan fingerprint density at radius 1 is 0.966 bits per heavy atom. The molecule has 0 aliphatic carbocycles. The van der Waals surface area contributed by atoms with Crippen LogP contribution >= 0.6 is 11.6 Å². The molecule has 1 fully saturated rings. The van der Waals surface area contributed by atoms with Gasteiger partial charge in [0.25, 0.3) is 0 Å². The Morgan fingerprint density at radius 3 is 2.03 bits per heavy atom. The number of halogens is 1. The van der Waals surface area contributed by atoms with Crippen molar-refractivity contribution >= 4 is 11.6 Å². The Kier molecular flexibility index (Phi) is 6.69. The van der Waals surface area contributed by atoms with Crippen molar-refractivity contribution < 1.29 is 14.2 Å². The number of hydrogen-bond donors (Lipinski definition) is 0. The average Bonchev–Trinajstić information content (AvgIpc) is 2.73. The summed E-state index contributed by atoms with van der Waals surface area (Å²) in [6, 6.07) is 17.2. The van der Waals surface area contributed by atoms with Gasteiger partial charge in [-0.25, -0.2) is 0 Å². The molecule has 0 aromatic heterocycles. The predicted octanol–water partition coefficient (Wildman–Crippen LogP) is 5.22. The molecule has 0 N–H and O–H groups in total. The van der Waals surface area contributed by atoms with Crippen LogP contribution in [0.25, 0.3) is 20.9 Å². The third kappa shape index (κ3) is 5.04. The number of para-hydroxylation sites is 2. The van der Waals surface area contributed by atoms with Crippen molar-refractivity contribution in [2.75, 3.05) is 6.54 Å². The zero-order valence-corrected chi connectivity index (χ0v) is 16.3. The molecule has 2 aromatic rings. The highest BCUT2D eigenvalue weighted by molar-refractivity contribution is 6.23. The summed E-state index contributed by atoms with van der Waals surface area (Å²) < 4.78 is 18.2. The summed E-state index contributed by atoms with van der Waals surface area (Å²) in [5.41, 5.74) is 17.9. The van der Waals surface area contributed by atoms with Gasteiger partial charge in [0.15, 0.2) is 17.3 Å². The number of hydrogen-bond acceptors (Lipinski definition) is 5. The maximum absolute atomic E-state index is 9.10. The first kappa shape index (κ1) is 20.6. The summed E-state index contributed by atoms with van der Waals surface area (Å²) in [5.74, 6) is 1.11. The highest BCUT2D eigenvalue weighted by Gasteiger charge is 2.53. The van der Waals surface area contributed by atoms with Crippen molar-refractivity contribution in [3.63, 3.8) is 0 Å². The lowest BCUT2D eigenvalue weighted by atomic mass is 9.92. The van der Waals surface area contributed by atoms with Crippen LogP contribution in [0.1, 0.15) is 6.92 Å². The predicted molar refractivity (Wildman–Crippen MR) is 108 cm³/mol. The zero-order chi connectivity index (χ0) is 20.7. The summed E-state index contributed by atoms with van der Waals surface area (Å²) in [6.07, 6.45) is -2.29. The van der Waals surface area contributed by atoms with Crippen molar-refractivity contribution in [2.45, 2.75) is 36.3 Å². The summed E-state index contributed by atoms with van der Waals surface area (Å²) in [7, 11) is 0. The summed E-state index contributed by atoms with van der Waals surface area (Å²) >= 11 is 6.56. The summed E-state index contributed by atoms with van der Waals surface area (Å²) in [6.45, 7) is 1.55. The molecule has 2 aromatic carbocycles. The van der Waals surface area contributed by atoms with Gasteiger partial charge in [-0.2, -0.15) is 0 Å². The van der Waals surface area contributed by atoms with Crippen molar-refractivity contribution in [1.82, 2.24) is 0 Å². The van der Waals surface area contributed by atoms with Crippen LogP contribution in [-0.4, -0.2) is 36.0 Å². The van der Waals surface area contributed by atoms with Crippen molar-refractivity contribution in [3.8, 4) is 11.5 Å². The minimum Gasteiger partial charge on any atom is -0.486 e. The highest BCUT2D eigenvalue weighted by Crippen LogP contribution is 2.39. The maximum atomic E-state index is 9.10. The van der Waals surface area contributed by atoms with Gasteiger partial charge in [0.1, 0.15) is 23.6 Å². The Hall–Kier alpha value is -3.09. The van der Waals surface area contributed by atoms with Gasteiger partial charge in [0.2, 0.25) is 0 Å². The van der Waals surface area contributed by atoms with Crippen LogP contribution < -0.4 is 9.47 Å². The minimum absolute atomic E-state index is 0.0338. The number of ether oxygens (including phenoxy) is 3. The fraction of sp³-hybridized carbons (Fsp3) is 0.368. The van der Waals surface area contributed by atoms with Gasteiger partial charge < -0.3 is 14.2 Å². The molecule has 0 radical (unpaired) electrons. The molecule has 0 saturated carbocycles. The monoisotopic (exact) mass is 414 g/mol. The fourth-order valence-electron chi connectivity index (χ4n) is 3.19. The molecule has 0 spiro atoms. The second-order valence-corrected chi connectivity index (χ2v) is 7.25. The number of benzene rings is 2. The second-order valence-electron chi connectivity index (χ2n) is 6.50. The molecule has 10 heteroatoms. The van der Waals surface area contributed by atoms with Crippen LogP contribution in [0, 0.1) is 0 Å². The van der Waals surface area contributed by atoms with Gasteiger partial charge in [-0.05, 0) is 42.3 Å². The van der Waals surface area contributed by atoms with E-state index in [0.717, 1.165) is 0 Å². The maximum Gasteiger partial charge on any atom is 0.162 e. The number of rotatable bonds is 7. The third-order valence-electron chi connectivity index (χ3n) is 4.44. The van der Waals surface area contributed by atoms with Crippen LogP contribution in [0.15, 0.2) is 70.9 Å². The van der Waals surface area contributed by atoms with E-state index in [1.165, 1.54) is 0 Å². The number of nitrogens with zero attached hydrogens (tertiary/aromatic N) is 6. The lowest BCUT2D eigenvalue weighted by Gasteiger charge is -2.47. The summed E-state index contributed by atoms with van der Waals surface area (Å²) in [5, 5.41) is 6.07. The fourth-order valence-corrected chi connectivity index (χ4v) is 3.47. The smallest absolute Gasteiger partial charge is 0.162 e. The topological polar surface area (TPSA) is 125 Å².